The van der Waals surface area contributed by atoms with Crippen molar-refractivity contribution in [2.75, 3.05) is 0 Å². The predicted octanol–water partition coefficient (Wildman–Crippen LogP) is 6.41. The Labute approximate surface area is 204 Å². The fraction of sp³-hybridized carbons (Fsp3) is 0.483. The Morgan fingerprint density at radius 3 is 1.94 bits per heavy atom. The van der Waals surface area contributed by atoms with Crippen LogP contribution in [0.1, 0.15) is 93.5 Å². The van der Waals surface area contributed by atoms with Gasteiger partial charge in [0, 0.05) is 18.4 Å². The molecule has 1 amide bonds. The molecule has 0 aliphatic rings. The summed E-state index contributed by atoms with van der Waals surface area (Å²) >= 11 is 0. The van der Waals surface area contributed by atoms with E-state index in [2.05, 4.69) is 12.2 Å². The SMILES string of the molecule is CCCCCCCCCCCC(=O)N[C@H](CC(=O)c1ccccc1)C(=O)OCc1ccccc1. The van der Waals surface area contributed by atoms with Crippen molar-refractivity contribution in [2.45, 2.75) is 90.2 Å². The van der Waals surface area contributed by atoms with E-state index >= 15 is 0 Å². The van der Waals surface area contributed by atoms with E-state index in [0.29, 0.717) is 12.0 Å². The maximum absolute atomic E-state index is 12.8. The third-order valence-corrected chi connectivity index (χ3v) is 5.84. The third kappa shape index (κ3) is 11.3. The summed E-state index contributed by atoms with van der Waals surface area (Å²) in [7, 11) is 0. The lowest BCUT2D eigenvalue weighted by molar-refractivity contribution is -0.149. The number of amides is 1. The highest BCUT2D eigenvalue weighted by atomic mass is 16.5. The zero-order valence-corrected chi connectivity index (χ0v) is 20.5. The molecular weight excluding hydrogens is 426 g/mol. The van der Waals surface area contributed by atoms with E-state index in [1.165, 1.54) is 38.5 Å². The number of carbonyl (C=O) groups excluding carboxylic acids is 3. The van der Waals surface area contributed by atoms with Crippen LogP contribution in [-0.4, -0.2) is 23.7 Å². The number of carbonyl (C=O) groups is 3. The number of Topliss-reactive ketones (excluding diaryl/α,β-unsaturated/α-hetero) is 1. The van der Waals surface area contributed by atoms with Crippen LogP contribution in [0.15, 0.2) is 60.7 Å². The van der Waals surface area contributed by atoms with Crippen molar-refractivity contribution in [2.24, 2.45) is 0 Å². The Balaban J connectivity index is 1.81. The summed E-state index contributed by atoms with van der Waals surface area (Å²) in [6.45, 7) is 2.32. The van der Waals surface area contributed by atoms with Crippen LogP contribution >= 0.6 is 0 Å². The average molecular weight is 466 g/mol. The highest BCUT2D eigenvalue weighted by molar-refractivity contribution is 5.99. The minimum atomic E-state index is -0.998. The predicted molar refractivity (Wildman–Crippen MR) is 135 cm³/mol. The van der Waals surface area contributed by atoms with Gasteiger partial charge in [-0.15, -0.1) is 0 Å². The largest absolute Gasteiger partial charge is 0.459 e. The van der Waals surface area contributed by atoms with E-state index < -0.39 is 12.0 Å². The molecule has 0 saturated carbocycles. The standard InChI is InChI=1S/C29H39NO4/c1-2-3-4-5-6-7-8-9-16-21-28(32)30-26(22-27(31)25-19-14-11-15-20-25)29(33)34-23-24-17-12-10-13-18-24/h10-15,17-20,26H,2-9,16,21-23H2,1H3,(H,30,32)/t26-/m1/s1. The smallest absolute Gasteiger partial charge is 0.329 e. The molecule has 0 unspecified atom stereocenters. The van der Waals surface area contributed by atoms with Gasteiger partial charge in [-0.1, -0.05) is 119 Å². The van der Waals surface area contributed by atoms with Gasteiger partial charge in [-0.3, -0.25) is 9.59 Å². The summed E-state index contributed by atoms with van der Waals surface area (Å²) in [5.74, 6) is -1.01. The van der Waals surface area contributed by atoms with Gasteiger partial charge in [0.25, 0.3) is 0 Å². The van der Waals surface area contributed by atoms with E-state index in [0.717, 1.165) is 24.8 Å². The minimum absolute atomic E-state index is 0.101. The maximum atomic E-state index is 12.8. The van der Waals surface area contributed by atoms with E-state index in [1.54, 1.807) is 24.3 Å². The third-order valence-electron chi connectivity index (χ3n) is 5.84. The molecule has 0 saturated heterocycles. The first-order chi connectivity index (χ1) is 16.6. The van der Waals surface area contributed by atoms with Gasteiger partial charge in [-0.2, -0.15) is 0 Å². The van der Waals surface area contributed by atoms with Gasteiger partial charge in [-0.05, 0) is 12.0 Å². The first-order valence-corrected chi connectivity index (χ1v) is 12.7. The van der Waals surface area contributed by atoms with Gasteiger partial charge in [-0.25, -0.2) is 4.79 Å². The first kappa shape index (κ1) is 27.3. The number of ether oxygens (including phenoxy) is 1. The molecule has 0 radical (unpaired) electrons. The van der Waals surface area contributed by atoms with E-state index in [4.69, 9.17) is 4.74 Å². The second-order valence-electron chi connectivity index (χ2n) is 8.79. The number of ketones is 1. The maximum Gasteiger partial charge on any atom is 0.329 e. The van der Waals surface area contributed by atoms with E-state index in [1.807, 2.05) is 36.4 Å². The average Bonchev–Trinajstić information content (AvgIpc) is 2.87. The molecule has 1 atom stereocenters. The lowest BCUT2D eigenvalue weighted by Crippen LogP contribution is -2.43. The number of unbranched alkanes of at least 4 members (excludes halogenated alkanes) is 8. The van der Waals surface area contributed by atoms with Crippen molar-refractivity contribution in [1.29, 1.82) is 0 Å². The summed E-state index contributed by atoms with van der Waals surface area (Å²) in [4.78, 5) is 38.0. The molecule has 0 aliphatic heterocycles. The number of hydrogen-bond donors (Lipinski definition) is 1. The van der Waals surface area contributed by atoms with Gasteiger partial charge >= 0.3 is 5.97 Å². The Morgan fingerprint density at radius 2 is 1.32 bits per heavy atom. The fourth-order valence-corrected chi connectivity index (χ4v) is 3.81. The highest BCUT2D eigenvalue weighted by Gasteiger charge is 2.25. The van der Waals surface area contributed by atoms with Crippen LogP contribution in [-0.2, 0) is 20.9 Å². The summed E-state index contributed by atoms with van der Waals surface area (Å²) in [5.41, 5.74) is 1.36. The number of hydrogen-bond acceptors (Lipinski definition) is 4. The van der Waals surface area contributed by atoms with Crippen LogP contribution in [0.3, 0.4) is 0 Å². The summed E-state index contributed by atoms with van der Waals surface area (Å²) in [6.07, 6.45) is 10.7. The van der Waals surface area contributed by atoms with Gasteiger partial charge < -0.3 is 10.1 Å². The number of benzene rings is 2. The van der Waals surface area contributed by atoms with Crippen molar-refractivity contribution in [1.82, 2.24) is 5.32 Å². The van der Waals surface area contributed by atoms with Crippen LogP contribution in [0.5, 0.6) is 0 Å². The molecule has 5 nitrogen and oxygen atoms in total. The molecule has 2 aromatic carbocycles. The van der Waals surface area contributed by atoms with Gasteiger partial charge in [0.2, 0.25) is 5.91 Å². The second-order valence-corrected chi connectivity index (χ2v) is 8.79. The van der Waals surface area contributed by atoms with Crippen LogP contribution in [0.4, 0.5) is 0 Å². The Morgan fingerprint density at radius 1 is 0.765 bits per heavy atom. The van der Waals surface area contributed by atoms with Crippen LogP contribution in [0.25, 0.3) is 0 Å². The number of rotatable bonds is 17. The Bertz CT molecular complexity index is 851. The van der Waals surface area contributed by atoms with E-state index in [-0.39, 0.29) is 24.7 Å². The fourth-order valence-electron chi connectivity index (χ4n) is 3.81. The van der Waals surface area contributed by atoms with Crippen molar-refractivity contribution < 1.29 is 19.1 Å². The molecule has 0 fully saturated rings. The van der Waals surface area contributed by atoms with Crippen molar-refractivity contribution >= 4 is 17.7 Å². The molecule has 0 bridgehead atoms. The molecule has 0 aromatic heterocycles. The molecule has 5 heteroatoms. The van der Waals surface area contributed by atoms with Gasteiger partial charge in [0.15, 0.2) is 5.78 Å². The number of nitrogens with one attached hydrogen (secondary N) is 1. The molecule has 0 aliphatic carbocycles. The summed E-state index contributed by atoms with van der Waals surface area (Å²) in [6, 6.07) is 17.1. The second kappa shape index (κ2) is 16.6. The number of esters is 1. The first-order valence-electron chi connectivity index (χ1n) is 12.7. The zero-order chi connectivity index (χ0) is 24.4. The van der Waals surface area contributed by atoms with Crippen LogP contribution < -0.4 is 5.32 Å². The topological polar surface area (TPSA) is 72.5 Å². The van der Waals surface area contributed by atoms with Crippen LogP contribution in [0, 0.1) is 0 Å². The van der Waals surface area contributed by atoms with Crippen LogP contribution in [0.2, 0.25) is 0 Å². The molecule has 0 heterocycles. The lowest BCUT2D eigenvalue weighted by Gasteiger charge is -2.17. The molecule has 34 heavy (non-hydrogen) atoms. The van der Waals surface area contributed by atoms with Crippen molar-refractivity contribution in [3.05, 3.63) is 71.8 Å². The normalized spacial score (nSPS) is 11.6. The van der Waals surface area contributed by atoms with Crippen molar-refractivity contribution in [3.63, 3.8) is 0 Å². The lowest BCUT2D eigenvalue weighted by atomic mass is 10.0. The summed E-state index contributed by atoms with van der Waals surface area (Å²) in [5, 5.41) is 2.74. The van der Waals surface area contributed by atoms with E-state index in [9.17, 15) is 14.4 Å². The quantitative estimate of drug-likeness (QED) is 0.166. The van der Waals surface area contributed by atoms with Gasteiger partial charge in [0.1, 0.15) is 12.6 Å². The Kier molecular flexibility index (Phi) is 13.4. The highest BCUT2D eigenvalue weighted by Crippen LogP contribution is 2.12. The Hall–Kier alpha value is -2.95. The molecule has 0 spiro atoms. The molecule has 184 valence electrons. The summed E-state index contributed by atoms with van der Waals surface area (Å²) < 4.78 is 5.42. The van der Waals surface area contributed by atoms with Crippen molar-refractivity contribution in [3.8, 4) is 0 Å². The zero-order valence-electron chi connectivity index (χ0n) is 20.5. The molecule has 2 aromatic rings. The molecular formula is C29H39NO4. The van der Waals surface area contributed by atoms with Gasteiger partial charge in [0.05, 0.1) is 0 Å². The minimum Gasteiger partial charge on any atom is -0.459 e. The molecule has 1 N–H and O–H groups in total. The monoisotopic (exact) mass is 465 g/mol. The molecule has 2 rings (SSSR count).